The molecule has 0 aromatic carbocycles. The Morgan fingerprint density at radius 2 is 0.588 bits per heavy atom. The molecule has 680 valence electrons. The van der Waals surface area contributed by atoms with Gasteiger partial charge in [0.1, 0.15) is 73.2 Å². The van der Waals surface area contributed by atoms with Crippen molar-refractivity contribution >= 4 is 5.91 Å². The molecule has 3 heterocycles. The van der Waals surface area contributed by atoms with Gasteiger partial charge in [-0.25, -0.2) is 0 Å². The van der Waals surface area contributed by atoms with Crippen LogP contribution < -0.4 is 5.32 Å². The Labute approximate surface area is 719 Å². The van der Waals surface area contributed by atoms with Gasteiger partial charge in [0.2, 0.25) is 5.91 Å². The van der Waals surface area contributed by atoms with E-state index in [0.717, 1.165) is 122 Å². The quantitative estimate of drug-likeness (QED) is 0.0199. The topological polar surface area (TPSA) is 307 Å². The van der Waals surface area contributed by atoms with E-state index in [2.05, 4.69) is 177 Å². The number of aliphatic hydroxyl groups excluding tert-OH is 11. The maximum atomic E-state index is 13.5. The van der Waals surface area contributed by atoms with Gasteiger partial charge in [0, 0.05) is 6.42 Å². The van der Waals surface area contributed by atoms with Crippen molar-refractivity contribution in [3.63, 3.8) is 0 Å². The van der Waals surface area contributed by atoms with Crippen LogP contribution >= 0.6 is 0 Å². The number of hydrogen-bond donors (Lipinski definition) is 12. The number of nitrogens with one attached hydrogen (secondary N) is 1. The first kappa shape index (κ1) is 108. The van der Waals surface area contributed by atoms with E-state index in [1.807, 2.05) is 6.08 Å². The molecule has 3 aliphatic heterocycles. The Balaban J connectivity index is 1.35. The lowest BCUT2D eigenvalue weighted by atomic mass is 9.96. The van der Waals surface area contributed by atoms with Crippen LogP contribution in [0.3, 0.4) is 0 Å². The fraction of sp³-hybridized carbons (Fsp3) is 0.710. The molecule has 17 atom stereocenters. The molecule has 0 aliphatic carbocycles. The largest absolute Gasteiger partial charge is 0.394 e. The molecule has 0 saturated carbocycles. The molecule has 0 bridgehead atoms. The lowest BCUT2D eigenvalue weighted by Crippen LogP contribution is -2.66. The molecule has 19 heteroatoms. The molecule has 0 aromatic heterocycles. The van der Waals surface area contributed by atoms with E-state index < -0.39 is 124 Å². The molecule has 12 N–H and O–H groups in total. The monoisotopic (exact) mass is 1670 g/mol. The van der Waals surface area contributed by atoms with Crippen molar-refractivity contribution in [2.45, 2.75) is 426 Å². The summed E-state index contributed by atoms with van der Waals surface area (Å²) in [5, 5.41) is 121. The molecule has 1 amide bonds. The summed E-state index contributed by atoms with van der Waals surface area (Å²) in [6, 6.07) is -1.02. The zero-order chi connectivity index (χ0) is 85.9. The van der Waals surface area contributed by atoms with Crippen LogP contribution in [0.1, 0.15) is 322 Å². The molecule has 3 fully saturated rings. The first-order chi connectivity index (χ1) is 58.3. The molecule has 17 unspecified atom stereocenters. The van der Waals surface area contributed by atoms with E-state index in [1.54, 1.807) is 6.08 Å². The Bertz CT molecular complexity index is 2820. The molecule has 3 rings (SSSR count). The Morgan fingerprint density at radius 3 is 0.941 bits per heavy atom. The van der Waals surface area contributed by atoms with Crippen LogP contribution in [0, 0.1) is 0 Å². The maximum absolute atomic E-state index is 13.5. The summed E-state index contributed by atoms with van der Waals surface area (Å²) in [6.45, 7) is 1.60. The summed E-state index contributed by atoms with van der Waals surface area (Å²) in [7, 11) is 0. The number of amides is 1. The second kappa shape index (κ2) is 76.8. The first-order valence-electron chi connectivity index (χ1n) is 46.9. The van der Waals surface area contributed by atoms with Crippen LogP contribution in [0.25, 0.3) is 0 Å². The smallest absolute Gasteiger partial charge is 0.220 e. The highest BCUT2D eigenvalue weighted by molar-refractivity contribution is 5.76. The highest BCUT2D eigenvalue weighted by atomic mass is 16.8. The SMILES string of the molecule is CC/C=C\C/C=C\C/C=C\C/C=C\C/C=C\C/C=C\C/C=C\C/C=C\C/C=C\C/C=C\C/C=C\C/C=C\CCCCCCC(=O)NC(COC1OC(CO)C(OC2OC(CO)C(OC3OC(CO)C(O)C(O)C3O)C(O)C2O)C(O)C1O)C(O)/C=C/CC/C=C/CCCCCCCCCCCCCCCCCCCCCCCCCCCCC. The van der Waals surface area contributed by atoms with Crippen molar-refractivity contribution in [2.75, 3.05) is 26.4 Å². The number of ether oxygens (including phenoxy) is 6. The molecule has 0 radical (unpaired) electrons. The maximum Gasteiger partial charge on any atom is 0.220 e. The number of carbonyl (C=O) groups excluding carboxylic acids is 1. The predicted molar refractivity (Wildman–Crippen MR) is 484 cm³/mol. The van der Waals surface area contributed by atoms with Crippen LogP contribution in [0.4, 0.5) is 0 Å². The van der Waals surface area contributed by atoms with Gasteiger partial charge in [-0.1, -0.05) is 364 Å². The van der Waals surface area contributed by atoms with Gasteiger partial charge in [-0.15, -0.1) is 0 Å². The summed E-state index contributed by atoms with van der Waals surface area (Å²) in [6.07, 6.45) is 89.4. The molecule has 19 nitrogen and oxygen atoms in total. The lowest BCUT2D eigenvalue weighted by Gasteiger charge is -2.48. The third-order valence-electron chi connectivity index (χ3n) is 22.0. The normalized spacial score (nSPS) is 25.0. The fourth-order valence-corrected chi connectivity index (χ4v) is 14.6. The van der Waals surface area contributed by atoms with E-state index in [1.165, 1.54) is 167 Å². The van der Waals surface area contributed by atoms with Gasteiger partial charge in [0.25, 0.3) is 0 Å². The van der Waals surface area contributed by atoms with Gasteiger partial charge >= 0.3 is 0 Å². The van der Waals surface area contributed by atoms with Crippen molar-refractivity contribution < 1.29 is 89.4 Å². The number of hydrogen-bond acceptors (Lipinski definition) is 18. The van der Waals surface area contributed by atoms with Crippen LogP contribution in [-0.2, 0) is 33.2 Å². The van der Waals surface area contributed by atoms with Crippen molar-refractivity contribution in [1.29, 1.82) is 0 Å². The summed E-state index contributed by atoms with van der Waals surface area (Å²) in [5.41, 5.74) is 0. The highest BCUT2D eigenvalue weighted by Crippen LogP contribution is 2.33. The molecule has 119 heavy (non-hydrogen) atoms. The van der Waals surface area contributed by atoms with Gasteiger partial charge in [-0.3, -0.25) is 4.79 Å². The van der Waals surface area contributed by atoms with Crippen molar-refractivity contribution in [3.8, 4) is 0 Å². The third kappa shape index (κ3) is 54.5. The summed E-state index contributed by atoms with van der Waals surface area (Å²) < 4.78 is 34.5. The van der Waals surface area contributed by atoms with Gasteiger partial charge in [0.15, 0.2) is 18.9 Å². The highest BCUT2D eigenvalue weighted by Gasteiger charge is 2.54. The van der Waals surface area contributed by atoms with E-state index in [9.17, 15) is 61.0 Å². The second-order valence-electron chi connectivity index (χ2n) is 32.4. The van der Waals surface area contributed by atoms with Crippen molar-refractivity contribution in [1.82, 2.24) is 5.32 Å². The summed E-state index contributed by atoms with van der Waals surface area (Å²) in [5.74, 6) is -0.313. The number of aliphatic hydroxyl groups is 11. The molecule has 3 aliphatic rings. The average molecular weight is 1670 g/mol. The molecular weight excluding hydrogens is 1500 g/mol. The van der Waals surface area contributed by atoms with E-state index in [-0.39, 0.29) is 18.9 Å². The minimum Gasteiger partial charge on any atom is -0.394 e. The summed E-state index contributed by atoms with van der Waals surface area (Å²) >= 11 is 0. The van der Waals surface area contributed by atoms with Gasteiger partial charge in [0.05, 0.1) is 38.6 Å². The number of carbonyl (C=O) groups is 1. The van der Waals surface area contributed by atoms with Crippen LogP contribution in [-0.4, -0.2) is 193 Å². The average Bonchev–Trinajstić information content (AvgIpc) is 0.778. The van der Waals surface area contributed by atoms with Gasteiger partial charge in [-0.2, -0.15) is 0 Å². The zero-order valence-electron chi connectivity index (χ0n) is 73.5. The first-order valence-corrected chi connectivity index (χ1v) is 46.9. The lowest BCUT2D eigenvalue weighted by molar-refractivity contribution is -0.379. The van der Waals surface area contributed by atoms with Gasteiger partial charge in [-0.05, 0) is 122 Å². The second-order valence-corrected chi connectivity index (χ2v) is 32.4. The number of rotatable bonds is 74. The standard InChI is InChI=1S/C100H167NO18/c1-3-5-7-9-11-13-15-17-19-21-23-25-27-29-31-33-35-37-38-39-40-41-42-43-44-46-48-50-52-54-56-58-60-62-64-66-68-70-72-74-76-78-88(106)101-83(84(105)77-75-73-71-69-67-65-63-61-59-57-55-53-51-49-47-45-36-34-32-30-28-26-24-22-20-18-16-14-12-10-8-6-4-2)82-114-98-94(112)91(109)96(86(80-103)116-98)119-100-95(113)92(110)97(87(81-104)117-100)118-99-93(111)90(108)89(107)85(79-102)115-99/h5,7,11,13,17,19,23,25,29,31,35,37,39-40,42-43,46,48,52,54,58,60,64,66-67,69,75,77,83-87,89-100,102-105,107-113H,3-4,6,8-10,12,14-16,18,20-22,24,26-28,30,32-34,36,38,41,44-45,47,49-51,53,55-57,59,61-63,65,68,70-74,76,78-82H2,1-2H3,(H,101,106)/b7-5-,13-11-,19-17-,25-23-,31-29-,37-35-,40-39-,43-42-,48-46-,54-52-,60-58-,66-64-,69-67+,77-75+. The number of unbranched alkanes of at least 4 members (excludes halogenated alkanes) is 32. The van der Waals surface area contributed by atoms with E-state index in [4.69, 9.17) is 28.4 Å². The molecule has 0 spiro atoms. The van der Waals surface area contributed by atoms with Crippen molar-refractivity contribution in [2.24, 2.45) is 0 Å². The van der Waals surface area contributed by atoms with Gasteiger partial charge < -0.3 is 89.9 Å². The fourth-order valence-electron chi connectivity index (χ4n) is 14.6. The Hall–Kier alpha value is -4.85. The zero-order valence-corrected chi connectivity index (χ0v) is 73.5. The Kier molecular flexibility index (Phi) is 69.9. The minimum atomic E-state index is -1.99. The summed E-state index contributed by atoms with van der Waals surface area (Å²) in [4.78, 5) is 13.5. The molecule has 0 aromatic rings. The predicted octanol–water partition coefficient (Wildman–Crippen LogP) is 18.8. The van der Waals surface area contributed by atoms with E-state index in [0.29, 0.717) is 12.8 Å². The third-order valence-corrected chi connectivity index (χ3v) is 22.0. The van der Waals surface area contributed by atoms with Crippen LogP contribution in [0.5, 0.6) is 0 Å². The van der Waals surface area contributed by atoms with Crippen molar-refractivity contribution in [3.05, 3.63) is 170 Å². The number of allylic oxidation sites excluding steroid dienone is 27. The minimum absolute atomic E-state index is 0.195. The van der Waals surface area contributed by atoms with Crippen LogP contribution in [0.15, 0.2) is 170 Å². The van der Waals surface area contributed by atoms with E-state index >= 15 is 0 Å². The van der Waals surface area contributed by atoms with Crippen LogP contribution in [0.2, 0.25) is 0 Å². The molecular formula is C100H167NO18. The Morgan fingerprint density at radius 1 is 0.311 bits per heavy atom. The molecule has 3 saturated heterocycles.